The molecule has 2 rings (SSSR count). The summed E-state index contributed by atoms with van der Waals surface area (Å²) in [5.41, 5.74) is 2.44. The predicted octanol–water partition coefficient (Wildman–Crippen LogP) is 1.05. The number of rotatable bonds is 7. The smallest absolute Gasteiger partial charge is 0.170 e. The lowest BCUT2D eigenvalue weighted by Gasteiger charge is -2.23. The molecule has 132 valence electrons. The molecule has 1 atom stereocenters. The van der Waals surface area contributed by atoms with E-state index < -0.39 is 6.10 Å². The first-order valence-corrected chi connectivity index (χ1v) is 7.70. The van der Waals surface area contributed by atoms with Crippen molar-refractivity contribution in [3.05, 3.63) is 18.3 Å². The molecule has 0 amide bonds. The van der Waals surface area contributed by atoms with Crippen LogP contribution in [0.3, 0.4) is 0 Å². The zero-order valence-electron chi connectivity index (χ0n) is 14.5. The highest BCUT2D eigenvalue weighted by Crippen LogP contribution is 2.34. The number of hydrogen-bond acceptors (Lipinski definition) is 8. The number of hydrogen-bond donors (Lipinski definition) is 4. The molecule has 1 heterocycles. The van der Waals surface area contributed by atoms with Gasteiger partial charge in [-0.05, 0) is 32.9 Å². The van der Waals surface area contributed by atoms with Crippen LogP contribution in [0, 0.1) is 0 Å². The molecule has 1 aromatic heterocycles. The van der Waals surface area contributed by atoms with E-state index in [0.717, 1.165) is 10.8 Å². The number of aromatic nitrogens is 2. The molecule has 0 saturated heterocycles. The number of nitrogens with zero attached hydrogens (tertiary/aromatic N) is 2. The SMILES string of the molecule is COc1cc2c(NN)nncc2cc1OCC(O)CNC(C)(C)C. The van der Waals surface area contributed by atoms with Crippen LogP contribution < -0.4 is 26.1 Å². The summed E-state index contributed by atoms with van der Waals surface area (Å²) < 4.78 is 11.1. The van der Waals surface area contributed by atoms with Crippen LogP contribution in [0.15, 0.2) is 18.3 Å². The zero-order valence-corrected chi connectivity index (χ0v) is 14.5. The number of aliphatic hydroxyl groups is 1. The number of ether oxygens (including phenoxy) is 2. The lowest BCUT2D eigenvalue weighted by atomic mass is 10.1. The number of nitrogens with one attached hydrogen (secondary N) is 2. The van der Waals surface area contributed by atoms with Gasteiger partial charge in [-0.2, -0.15) is 5.10 Å². The van der Waals surface area contributed by atoms with Crippen molar-refractivity contribution in [1.29, 1.82) is 0 Å². The monoisotopic (exact) mass is 335 g/mol. The van der Waals surface area contributed by atoms with Crippen LogP contribution in [0.5, 0.6) is 11.5 Å². The number of nitrogens with two attached hydrogens (primary N) is 1. The molecule has 8 heteroatoms. The molecule has 8 nitrogen and oxygen atoms in total. The van der Waals surface area contributed by atoms with E-state index in [1.807, 2.05) is 20.8 Å². The van der Waals surface area contributed by atoms with E-state index in [2.05, 4.69) is 20.9 Å². The molecule has 0 radical (unpaired) electrons. The van der Waals surface area contributed by atoms with Crippen molar-refractivity contribution in [3.8, 4) is 11.5 Å². The van der Waals surface area contributed by atoms with Gasteiger partial charge in [0.1, 0.15) is 12.7 Å². The molecule has 0 spiro atoms. The Hall–Kier alpha value is -2.16. The number of anilines is 1. The normalized spacial score (nSPS) is 12.9. The highest BCUT2D eigenvalue weighted by Gasteiger charge is 2.15. The fourth-order valence-corrected chi connectivity index (χ4v) is 2.14. The van der Waals surface area contributed by atoms with Gasteiger partial charge in [-0.1, -0.05) is 0 Å². The van der Waals surface area contributed by atoms with E-state index >= 15 is 0 Å². The number of benzene rings is 1. The lowest BCUT2D eigenvalue weighted by Crippen LogP contribution is -2.42. The topological polar surface area (TPSA) is 115 Å². The molecule has 0 aliphatic carbocycles. The number of β-amino-alcohol motifs (C(OH)–C–C–N with tert-alkyl or cyclic N) is 1. The van der Waals surface area contributed by atoms with Crippen LogP contribution in [0.4, 0.5) is 5.82 Å². The number of methoxy groups -OCH3 is 1. The van der Waals surface area contributed by atoms with Crippen LogP contribution in [0.1, 0.15) is 20.8 Å². The highest BCUT2D eigenvalue weighted by molar-refractivity contribution is 5.93. The van der Waals surface area contributed by atoms with Crippen molar-refractivity contribution >= 4 is 16.6 Å². The number of nitrogen functional groups attached to an aromatic ring is 1. The van der Waals surface area contributed by atoms with Gasteiger partial charge in [-0.3, -0.25) is 0 Å². The molecule has 5 N–H and O–H groups in total. The Balaban J connectivity index is 2.13. The van der Waals surface area contributed by atoms with Crippen LogP contribution in [-0.4, -0.2) is 47.2 Å². The Bertz CT molecular complexity index is 687. The minimum Gasteiger partial charge on any atom is -0.493 e. The van der Waals surface area contributed by atoms with E-state index in [0.29, 0.717) is 23.9 Å². The van der Waals surface area contributed by atoms with Gasteiger partial charge in [0.15, 0.2) is 17.3 Å². The first-order chi connectivity index (χ1) is 11.3. The second-order valence-electron chi connectivity index (χ2n) is 6.52. The summed E-state index contributed by atoms with van der Waals surface area (Å²) in [6, 6.07) is 3.56. The zero-order chi connectivity index (χ0) is 17.7. The number of hydrazine groups is 1. The van der Waals surface area contributed by atoms with Crippen molar-refractivity contribution in [3.63, 3.8) is 0 Å². The second-order valence-corrected chi connectivity index (χ2v) is 6.52. The molecule has 1 unspecified atom stereocenters. The molecule has 0 aliphatic heterocycles. The lowest BCUT2D eigenvalue weighted by molar-refractivity contribution is 0.0986. The van der Waals surface area contributed by atoms with E-state index in [4.69, 9.17) is 15.3 Å². The van der Waals surface area contributed by atoms with E-state index in [-0.39, 0.29) is 12.1 Å². The highest BCUT2D eigenvalue weighted by atomic mass is 16.5. The van der Waals surface area contributed by atoms with Gasteiger partial charge >= 0.3 is 0 Å². The first-order valence-electron chi connectivity index (χ1n) is 7.70. The summed E-state index contributed by atoms with van der Waals surface area (Å²) in [4.78, 5) is 0. The third-order valence-corrected chi connectivity index (χ3v) is 3.38. The third kappa shape index (κ3) is 4.67. The van der Waals surface area contributed by atoms with Crippen molar-refractivity contribution in [1.82, 2.24) is 15.5 Å². The van der Waals surface area contributed by atoms with Gasteiger partial charge in [0.2, 0.25) is 0 Å². The molecule has 0 aliphatic rings. The summed E-state index contributed by atoms with van der Waals surface area (Å²) in [6.45, 7) is 6.70. The van der Waals surface area contributed by atoms with E-state index in [9.17, 15) is 5.11 Å². The summed E-state index contributed by atoms with van der Waals surface area (Å²) in [6.07, 6.45) is 0.974. The van der Waals surface area contributed by atoms with Crippen LogP contribution in [0.25, 0.3) is 10.8 Å². The van der Waals surface area contributed by atoms with Gasteiger partial charge in [0, 0.05) is 22.9 Å². The average Bonchev–Trinajstić information content (AvgIpc) is 2.55. The van der Waals surface area contributed by atoms with Gasteiger partial charge < -0.3 is 25.3 Å². The first kappa shape index (κ1) is 18.2. The molecule has 0 saturated carbocycles. The molecule has 0 fully saturated rings. The molecular formula is C16H25N5O3. The Kier molecular flexibility index (Phi) is 5.76. The van der Waals surface area contributed by atoms with Crippen molar-refractivity contribution in [2.75, 3.05) is 25.7 Å². The molecular weight excluding hydrogens is 310 g/mol. The maximum absolute atomic E-state index is 10.1. The van der Waals surface area contributed by atoms with Crippen molar-refractivity contribution in [2.24, 2.45) is 5.84 Å². The van der Waals surface area contributed by atoms with Gasteiger partial charge in [0.25, 0.3) is 0 Å². The summed E-state index contributed by atoms with van der Waals surface area (Å²) in [5.74, 6) is 6.95. The number of aliphatic hydroxyl groups excluding tert-OH is 1. The summed E-state index contributed by atoms with van der Waals surface area (Å²) in [7, 11) is 1.55. The van der Waals surface area contributed by atoms with E-state index in [1.165, 1.54) is 0 Å². The van der Waals surface area contributed by atoms with Gasteiger partial charge in [0.05, 0.1) is 13.3 Å². The number of fused-ring (bicyclic) bond motifs is 1. The predicted molar refractivity (Wildman–Crippen MR) is 93.2 cm³/mol. The Labute approximate surface area is 141 Å². The fraction of sp³-hybridized carbons (Fsp3) is 0.500. The maximum Gasteiger partial charge on any atom is 0.170 e. The summed E-state index contributed by atoms with van der Waals surface area (Å²) >= 11 is 0. The molecule has 2 aromatic rings. The second kappa shape index (κ2) is 7.61. The molecule has 24 heavy (non-hydrogen) atoms. The molecule has 1 aromatic carbocycles. The van der Waals surface area contributed by atoms with Crippen LogP contribution in [-0.2, 0) is 0 Å². The summed E-state index contributed by atoms with van der Waals surface area (Å²) in [5, 5.41) is 22.7. The standard InChI is InChI=1S/C16H25N5O3/c1-16(2,3)18-8-11(22)9-24-14-5-10-7-19-21-15(20-17)12(10)6-13(14)23-4/h5-7,11,18,22H,8-9,17H2,1-4H3,(H,20,21). The fourth-order valence-electron chi connectivity index (χ4n) is 2.14. The van der Waals surface area contributed by atoms with Crippen LogP contribution in [0.2, 0.25) is 0 Å². The largest absolute Gasteiger partial charge is 0.493 e. The Morgan fingerprint density at radius 1 is 1.29 bits per heavy atom. The van der Waals surface area contributed by atoms with E-state index in [1.54, 1.807) is 25.4 Å². The maximum atomic E-state index is 10.1. The Morgan fingerprint density at radius 2 is 2.04 bits per heavy atom. The van der Waals surface area contributed by atoms with Crippen molar-refractivity contribution in [2.45, 2.75) is 32.4 Å². The van der Waals surface area contributed by atoms with Crippen LogP contribution >= 0.6 is 0 Å². The average molecular weight is 335 g/mol. The van der Waals surface area contributed by atoms with Gasteiger partial charge in [-0.15, -0.1) is 5.10 Å². The van der Waals surface area contributed by atoms with Crippen molar-refractivity contribution < 1.29 is 14.6 Å². The minimum atomic E-state index is -0.638. The quantitative estimate of drug-likeness (QED) is 0.438. The minimum absolute atomic E-state index is 0.0636. The third-order valence-electron chi connectivity index (χ3n) is 3.38. The molecule has 0 bridgehead atoms. The van der Waals surface area contributed by atoms with Gasteiger partial charge in [-0.25, -0.2) is 5.84 Å². The Morgan fingerprint density at radius 3 is 2.67 bits per heavy atom.